The molecule has 0 unspecified atom stereocenters. The van der Waals surface area contributed by atoms with Gasteiger partial charge in [0.1, 0.15) is 0 Å². The van der Waals surface area contributed by atoms with E-state index in [1.807, 2.05) is 49.7 Å². The summed E-state index contributed by atoms with van der Waals surface area (Å²) in [4.78, 5) is 12.8. The fourth-order valence-electron chi connectivity index (χ4n) is 3.50. The molecule has 3 aromatic rings. The van der Waals surface area contributed by atoms with Crippen LogP contribution in [0.25, 0.3) is 22.5 Å². The summed E-state index contributed by atoms with van der Waals surface area (Å²) < 4.78 is 25.1. The van der Waals surface area contributed by atoms with Crippen molar-refractivity contribution in [1.29, 1.82) is 0 Å². The quantitative estimate of drug-likeness (QED) is 0.619. The van der Waals surface area contributed by atoms with E-state index in [1.165, 1.54) is 12.1 Å². The predicted molar refractivity (Wildman–Crippen MR) is 112 cm³/mol. The second-order valence-corrected chi connectivity index (χ2v) is 8.61. The summed E-state index contributed by atoms with van der Waals surface area (Å²) in [5.74, 6) is 0.0267. The molecule has 28 heavy (non-hydrogen) atoms. The first kappa shape index (κ1) is 20.3. The Bertz CT molecular complexity index is 1150. The molecule has 0 aliphatic carbocycles. The molecule has 146 valence electrons. The number of rotatable bonds is 5. The van der Waals surface area contributed by atoms with Crippen molar-refractivity contribution in [3.63, 3.8) is 0 Å². The summed E-state index contributed by atoms with van der Waals surface area (Å²) in [6, 6.07) is 13.7. The number of carbonyl (C=O) groups is 1. The van der Waals surface area contributed by atoms with Gasteiger partial charge in [0.25, 0.3) is 0 Å². The van der Waals surface area contributed by atoms with Gasteiger partial charge in [-0.15, -0.1) is 0 Å². The topological polar surface area (TPSA) is 82.2 Å². The maximum Gasteiger partial charge on any atom is 0.238 e. The minimum atomic E-state index is -3.78. The van der Waals surface area contributed by atoms with Gasteiger partial charge in [-0.25, -0.2) is 13.6 Å². The Morgan fingerprint density at radius 3 is 2.00 bits per heavy atom. The van der Waals surface area contributed by atoms with Crippen LogP contribution in [0.3, 0.4) is 0 Å². The van der Waals surface area contributed by atoms with E-state index in [0.29, 0.717) is 17.0 Å². The fourth-order valence-corrected chi connectivity index (χ4v) is 4.14. The highest BCUT2D eigenvalue weighted by Gasteiger charge is 2.24. The van der Waals surface area contributed by atoms with E-state index in [1.54, 1.807) is 12.1 Å². The third kappa shape index (κ3) is 3.63. The van der Waals surface area contributed by atoms with Crippen molar-refractivity contribution in [2.45, 2.75) is 25.2 Å². The Balaban J connectivity index is 2.27. The van der Waals surface area contributed by atoms with Crippen molar-refractivity contribution in [1.82, 2.24) is 4.57 Å². The molecule has 0 spiro atoms. The molecule has 1 heterocycles. The summed E-state index contributed by atoms with van der Waals surface area (Å²) in [7, 11) is -1.88. The molecule has 2 aromatic carbocycles. The van der Waals surface area contributed by atoms with E-state index in [2.05, 4.69) is 0 Å². The molecule has 2 N–H and O–H groups in total. The van der Waals surface area contributed by atoms with E-state index in [9.17, 15) is 13.2 Å². The zero-order valence-electron chi connectivity index (χ0n) is 15.9. The SMILES string of the molecule is CCC(=O)c1c(C)c(-c2ccc(Cl)cc2)n(C)c1-c1ccc(S(N)(=O)=O)cc1. The lowest BCUT2D eigenvalue weighted by Gasteiger charge is -2.10. The molecule has 0 bridgehead atoms. The van der Waals surface area contributed by atoms with Crippen molar-refractivity contribution < 1.29 is 13.2 Å². The number of halogens is 1. The molecule has 0 atom stereocenters. The summed E-state index contributed by atoms with van der Waals surface area (Å²) >= 11 is 6.02. The summed E-state index contributed by atoms with van der Waals surface area (Å²) in [5.41, 5.74) is 4.87. The second-order valence-electron chi connectivity index (χ2n) is 6.61. The third-order valence-corrected chi connectivity index (χ3v) is 5.99. The van der Waals surface area contributed by atoms with Gasteiger partial charge >= 0.3 is 0 Å². The lowest BCUT2D eigenvalue weighted by Crippen LogP contribution is -2.11. The number of Topliss-reactive ketones (excluding diaryl/α,β-unsaturated/α-hetero) is 1. The molecule has 5 nitrogen and oxygen atoms in total. The normalized spacial score (nSPS) is 11.6. The van der Waals surface area contributed by atoms with Crippen LogP contribution >= 0.6 is 11.6 Å². The summed E-state index contributed by atoms with van der Waals surface area (Å²) in [5, 5.41) is 5.83. The number of carbonyl (C=O) groups excluding carboxylic acids is 1. The Morgan fingerprint density at radius 1 is 1.00 bits per heavy atom. The highest BCUT2D eigenvalue weighted by molar-refractivity contribution is 7.89. The Morgan fingerprint density at radius 2 is 1.50 bits per heavy atom. The minimum absolute atomic E-state index is 0.0267. The Kier molecular flexibility index (Phi) is 5.48. The summed E-state index contributed by atoms with van der Waals surface area (Å²) in [6.07, 6.45) is 0.368. The number of ketones is 1. The Labute approximate surface area is 169 Å². The molecule has 7 heteroatoms. The van der Waals surface area contributed by atoms with Crippen LogP contribution in [0, 0.1) is 6.92 Å². The maximum absolute atomic E-state index is 12.8. The van der Waals surface area contributed by atoms with Crippen molar-refractivity contribution in [2.75, 3.05) is 0 Å². The zero-order valence-corrected chi connectivity index (χ0v) is 17.4. The first-order valence-corrected chi connectivity index (χ1v) is 10.7. The lowest BCUT2D eigenvalue weighted by atomic mass is 9.98. The van der Waals surface area contributed by atoms with Crippen LogP contribution in [0.2, 0.25) is 5.02 Å². The van der Waals surface area contributed by atoms with E-state index in [0.717, 1.165) is 28.1 Å². The summed E-state index contributed by atoms with van der Waals surface area (Å²) in [6.45, 7) is 3.75. The molecule has 0 saturated heterocycles. The van der Waals surface area contributed by atoms with Gasteiger partial charge < -0.3 is 4.57 Å². The number of aromatic nitrogens is 1. The van der Waals surface area contributed by atoms with Gasteiger partial charge in [-0.05, 0) is 47.9 Å². The van der Waals surface area contributed by atoms with Crippen LogP contribution in [0.1, 0.15) is 29.3 Å². The average molecular weight is 417 g/mol. The lowest BCUT2D eigenvalue weighted by molar-refractivity contribution is 0.0988. The van der Waals surface area contributed by atoms with Crippen LogP contribution < -0.4 is 5.14 Å². The van der Waals surface area contributed by atoms with E-state index < -0.39 is 10.0 Å². The monoisotopic (exact) mass is 416 g/mol. The smallest absolute Gasteiger partial charge is 0.238 e. The minimum Gasteiger partial charge on any atom is -0.343 e. The molecule has 3 rings (SSSR count). The van der Waals surface area contributed by atoms with E-state index >= 15 is 0 Å². The van der Waals surface area contributed by atoms with Crippen LogP contribution in [0.4, 0.5) is 0 Å². The van der Waals surface area contributed by atoms with Crippen LogP contribution in [-0.4, -0.2) is 18.8 Å². The molecule has 0 fully saturated rings. The first-order valence-electron chi connectivity index (χ1n) is 8.76. The average Bonchev–Trinajstić information content (AvgIpc) is 2.92. The zero-order chi connectivity index (χ0) is 20.6. The largest absolute Gasteiger partial charge is 0.343 e. The van der Waals surface area contributed by atoms with Gasteiger partial charge in [0.05, 0.1) is 16.3 Å². The molecule has 0 radical (unpaired) electrons. The van der Waals surface area contributed by atoms with Crippen LogP contribution in [0.5, 0.6) is 0 Å². The predicted octanol–water partition coefficient (Wildman–Crippen LogP) is 4.56. The van der Waals surface area contributed by atoms with Gasteiger partial charge in [0, 0.05) is 24.1 Å². The first-order chi connectivity index (χ1) is 13.1. The molecule has 0 amide bonds. The number of hydrogen-bond acceptors (Lipinski definition) is 3. The van der Waals surface area contributed by atoms with Crippen LogP contribution in [0.15, 0.2) is 53.4 Å². The molecule has 1 aromatic heterocycles. The van der Waals surface area contributed by atoms with Gasteiger partial charge in [0.15, 0.2) is 5.78 Å². The van der Waals surface area contributed by atoms with Gasteiger partial charge in [-0.2, -0.15) is 0 Å². The highest BCUT2D eigenvalue weighted by Crippen LogP contribution is 2.37. The fraction of sp³-hybridized carbons (Fsp3) is 0.190. The van der Waals surface area contributed by atoms with Crippen molar-refractivity contribution in [2.24, 2.45) is 12.2 Å². The van der Waals surface area contributed by atoms with Gasteiger partial charge in [-0.1, -0.05) is 42.8 Å². The number of nitrogens with two attached hydrogens (primary N) is 1. The second kappa shape index (κ2) is 7.54. The Hall–Kier alpha value is -2.41. The number of sulfonamides is 1. The highest BCUT2D eigenvalue weighted by atomic mass is 35.5. The molecular formula is C21H21ClN2O3S. The van der Waals surface area contributed by atoms with Crippen molar-refractivity contribution in [3.05, 3.63) is 64.7 Å². The molecule has 0 saturated carbocycles. The number of primary sulfonamides is 1. The maximum atomic E-state index is 12.8. The van der Waals surface area contributed by atoms with E-state index in [-0.39, 0.29) is 10.7 Å². The number of nitrogens with zero attached hydrogens (tertiary/aromatic N) is 1. The molecular weight excluding hydrogens is 396 g/mol. The van der Waals surface area contributed by atoms with Gasteiger partial charge in [-0.3, -0.25) is 4.79 Å². The third-order valence-electron chi connectivity index (χ3n) is 4.81. The number of hydrogen-bond donors (Lipinski definition) is 1. The standard InChI is InChI=1S/C21H21ClN2O3S/c1-4-18(25)19-13(2)20(14-5-9-16(22)10-6-14)24(3)21(19)15-7-11-17(12-8-15)28(23,26)27/h5-12H,4H2,1-3H3,(H2,23,26,27). The van der Waals surface area contributed by atoms with Crippen molar-refractivity contribution in [3.8, 4) is 22.5 Å². The molecule has 0 aliphatic rings. The molecule has 0 aliphatic heterocycles. The van der Waals surface area contributed by atoms with Crippen LogP contribution in [-0.2, 0) is 17.1 Å². The van der Waals surface area contributed by atoms with Crippen molar-refractivity contribution >= 4 is 27.4 Å². The van der Waals surface area contributed by atoms with Gasteiger partial charge in [0.2, 0.25) is 10.0 Å². The number of benzene rings is 2. The van der Waals surface area contributed by atoms with E-state index in [4.69, 9.17) is 16.7 Å².